The van der Waals surface area contributed by atoms with Crippen LogP contribution in [0.3, 0.4) is 0 Å². The predicted octanol–water partition coefficient (Wildman–Crippen LogP) is 4.49. The fraction of sp³-hybridized carbons (Fsp3) is 0.333. The Morgan fingerprint density at radius 3 is 2.52 bits per heavy atom. The molecule has 0 spiro atoms. The van der Waals surface area contributed by atoms with E-state index in [1.807, 2.05) is 0 Å². The molecule has 3 aromatic rings. The van der Waals surface area contributed by atoms with Gasteiger partial charge in [0.05, 0.1) is 0 Å². The summed E-state index contributed by atoms with van der Waals surface area (Å²) in [4.78, 5) is 7.19. The summed E-state index contributed by atoms with van der Waals surface area (Å²) in [7, 11) is 0. The summed E-state index contributed by atoms with van der Waals surface area (Å²) in [5, 5.41) is 0. The molecule has 3 aromatic heterocycles. The minimum atomic E-state index is 0.549. The molecule has 0 aromatic carbocycles. The first-order valence-corrected chi connectivity index (χ1v) is 13.0. The van der Waals surface area contributed by atoms with E-state index in [-0.39, 0.29) is 0 Å². The summed E-state index contributed by atoms with van der Waals surface area (Å²) in [5.74, 6) is 0.729. The average molecular weight is 473 g/mol. The number of unbranched alkanes of at least 4 members (excludes halogenated alkanes) is 1. The first-order valence-electron chi connectivity index (χ1n) is 7.50. The van der Waals surface area contributed by atoms with E-state index >= 15 is 0 Å². The molecular weight excluding hydrogens is 453 g/mol. The Balaban J connectivity index is 1.96. The molecule has 0 amide bonds. The molecule has 21 heavy (non-hydrogen) atoms. The van der Waals surface area contributed by atoms with Crippen LogP contribution in [0.1, 0.15) is 44.6 Å². The van der Waals surface area contributed by atoms with Crippen LogP contribution < -0.4 is 0 Å². The van der Waals surface area contributed by atoms with Gasteiger partial charge in [-0.05, 0) is 0 Å². The molecule has 0 bridgehead atoms. The van der Waals surface area contributed by atoms with Gasteiger partial charge in [0, 0.05) is 0 Å². The third-order valence-electron chi connectivity index (χ3n) is 3.88. The maximum absolute atomic E-state index is 2.44. The summed E-state index contributed by atoms with van der Waals surface area (Å²) in [6, 6.07) is 9.39. The fourth-order valence-electron chi connectivity index (χ4n) is 2.67. The molecule has 0 aliphatic rings. The molecule has 0 fully saturated rings. The van der Waals surface area contributed by atoms with Crippen molar-refractivity contribution in [2.75, 3.05) is 0 Å². The summed E-state index contributed by atoms with van der Waals surface area (Å²) < 4.78 is 5.00. The van der Waals surface area contributed by atoms with E-state index in [2.05, 4.69) is 52.9 Å². The molecule has 0 aliphatic carbocycles. The van der Waals surface area contributed by atoms with Gasteiger partial charge in [0.25, 0.3) is 0 Å². The van der Waals surface area contributed by atoms with Gasteiger partial charge in [0.1, 0.15) is 0 Å². The van der Waals surface area contributed by atoms with Gasteiger partial charge in [-0.3, -0.25) is 0 Å². The van der Waals surface area contributed by atoms with Crippen molar-refractivity contribution in [3.05, 3.63) is 44.6 Å². The van der Waals surface area contributed by atoms with E-state index in [1.54, 1.807) is 24.4 Å². The molecule has 0 saturated carbocycles. The second-order valence-corrected chi connectivity index (χ2v) is 11.2. The number of hydrogen-bond donors (Lipinski definition) is 0. The van der Waals surface area contributed by atoms with Crippen LogP contribution in [0.4, 0.5) is 0 Å². The van der Waals surface area contributed by atoms with Crippen molar-refractivity contribution in [1.29, 1.82) is 0 Å². The van der Waals surface area contributed by atoms with Crippen LogP contribution in [0.5, 0.6) is 0 Å². The molecule has 0 saturated heterocycles. The van der Waals surface area contributed by atoms with Gasteiger partial charge in [0.15, 0.2) is 0 Å². The molecule has 1 unspecified atom stereocenters. The van der Waals surface area contributed by atoms with Crippen molar-refractivity contribution in [2.45, 2.75) is 39.0 Å². The Bertz CT molecular complexity index is 673. The zero-order chi connectivity index (χ0) is 14.7. The van der Waals surface area contributed by atoms with Crippen molar-refractivity contribution in [1.82, 2.24) is 0 Å². The van der Waals surface area contributed by atoms with E-state index in [0.717, 1.165) is 5.92 Å². The van der Waals surface area contributed by atoms with Crippen molar-refractivity contribution in [3.63, 3.8) is 0 Å². The van der Waals surface area contributed by atoms with Gasteiger partial charge in [-0.2, -0.15) is 0 Å². The van der Waals surface area contributed by atoms with E-state index in [9.17, 15) is 0 Å². The summed E-state index contributed by atoms with van der Waals surface area (Å²) in [5.41, 5.74) is 3.22. The van der Waals surface area contributed by atoms with E-state index in [1.165, 1.54) is 19.3 Å². The summed E-state index contributed by atoms with van der Waals surface area (Å²) >= 11 is 1.66. The van der Waals surface area contributed by atoms with E-state index < -0.39 is 0 Å². The molecule has 1 atom stereocenters. The second kappa shape index (κ2) is 7.51. The molecular formula is C18H20Se3. The Kier molecular flexibility index (Phi) is 5.68. The molecule has 0 aliphatic heterocycles. The predicted molar refractivity (Wildman–Crippen MR) is 96.1 cm³/mol. The van der Waals surface area contributed by atoms with Crippen LogP contribution in [0.2, 0.25) is 0 Å². The van der Waals surface area contributed by atoms with Crippen molar-refractivity contribution in [3.8, 4) is 18.9 Å². The third-order valence-corrected chi connectivity index (χ3v) is 10.4. The van der Waals surface area contributed by atoms with E-state index in [4.69, 9.17) is 0 Å². The first kappa shape index (κ1) is 15.9. The zero-order valence-corrected chi connectivity index (χ0v) is 17.6. The van der Waals surface area contributed by atoms with Crippen LogP contribution in [0.25, 0.3) is 18.9 Å². The molecule has 0 radical (unpaired) electrons. The summed E-state index contributed by atoms with van der Waals surface area (Å²) in [6.45, 7) is 4.72. The monoisotopic (exact) mass is 476 g/mol. The molecule has 3 heterocycles. The van der Waals surface area contributed by atoms with Crippen molar-refractivity contribution >= 4 is 43.5 Å². The summed E-state index contributed by atoms with van der Waals surface area (Å²) in [6.07, 6.45) is 4.00. The van der Waals surface area contributed by atoms with Gasteiger partial charge in [0.2, 0.25) is 0 Å². The molecule has 110 valence electrons. The first-order chi connectivity index (χ1) is 10.3. The van der Waals surface area contributed by atoms with Gasteiger partial charge in [-0.1, -0.05) is 0 Å². The Morgan fingerprint density at radius 2 is 1.76 bits per heavy atom. The molecule has 0 N–H and O–H groups in total. The fourth-order valence-corrected chi connectivity index (χ4v) is 9.50. The second-order valence-electron chi connectivity index (χ2n) is 5.39. The normalized spacial score (nSPS) is 12.7. The maximum atomic E-state index is 2.44. The number of rotatable bonds is 6. The number of hydrogen-bond acceptors (Lipinski definition) is 0. The van der Waals surface area contributed by atoms with Gasteiger partial charge < -0.3 is 0 Å². The van der Waals surface area contributed by atoms with Crippen LogP contribution in [-0.2, 0) is 0 Å². The van der Waals surface area contributed by atoms with Crippen LogP contribution in [0.15, 0.2) is 39.1 Å². The van der Waals surface area contributed by atoms with Crippen molar-refractivity contribution < 1.29 is 0 Å². The molecule has 3 heteroatoms. The van der Waals surface area contributed by atoms with E-state index in [0.29, 0.717) is 43.5 Å². The Hall–Kier alpha value is -0.00156. The van der Waals surface area contributed by atoms with Crippen LogP contribution >= 0.6 is 0 Å². The van der Waals surface area contributed by atoms with Crippen molar-refractivity contribution in [2.24, 2.45) is 0 Å². The Morgan fingerprint density at radius 1 is 0.952 bits per heavy atom. The Labute approximate surface area is 145 Å². The third kappa shape index (κ3) is 3.50. The molecule has 3 rings (SSSR count). The van der Waals surface area contributed by atoms with Crippen LogP contribution in [-0.4, -0.2) is 43.5 Å². The standard InChI is InChI=1S/C18H20Se3/c1-3-4-6-13(2)14-8-11-20-17(14)18-15(9-12-21-18)16-7-5-10-19-16/h5,7-13H,3-4,6H2,1-2H3. The zero-order valence-electron chi connectivity index (χ0n) is 12.5. The van der Waals surface area contributed by atoms with Gasteiger partial charge in [-0.15, -0.1) is 0 Å². The van der Waals surface area contributed by atoms with Gasteiger partial charge in [-0.25, -0.2) is 0 Å². The quantitative estimate of drug-likeness (QED) is 0.464. The van der Waals surface area contributed by atoms with Crippen LogP contribution in [0, 0.1) is 0 Å². The SMILES string of the molecule is CCCCC(C)c1cc[se]c1-c1[se]ccc1-c1ccc[se]1. The molecule has 0 nitrogen and oxygen atoms in total. The topological polar surface area (TPSA) is 0 Å². The average Bonchev–Trinajstić information content (AvgIpc) is 3.23. The van der Waals surface area contributed by atoms with Gasteiger partial charge >= 0.3 is 146 Å². The minimum absolute atomic E-state index is 0.549.